The summed E-state index contributed by atoms with van der Waals surface area (Å²) in [6.07, 6.45) is 11.6. The third-order valence-electron chi connectivity index (χ3n) is 7.81. The molecule has 2 aromatic rings. The van der Waals surface area contributed by atoms with Crippen LogP contribution in [0.15, 0.2) is 48.0 Å². The molecule has 0 amide bonds. The van der Waals surface area contributed by atoms with Crippen molar-refractivity contribution in [2.24, 2.45) is 11.8 Å². The quantitative estimate of drug-likeness (QED) is 0.396. The highest BCUT2D eigenvalue weighted by molar-refractivity contribution is 7.94. The van der Waals surface area contributed by atoms with E-state index in [0.717, 1.165) is 47.7 Å². The number of halogens is 1. The first-order valence-corrected chi connectivity index (χ1v) is 13.5. The molecular formula is C28H39FN4S. The van der Waals surface area contributed by atoms with Gasteiger partial charge in [0.2, 0.25) is 0 Å². The Hall–Kier alpha value is -2.05. The Morgan fingerprint density at radius 3 is 2.76 bits per heavy atom. The van der Waals surface area contributed by atoms with Crippen LogP contribution in [-0.4, -0.2) is 40.4 Å². The minimum absolute atomic E-state index is 0.246. The average molecular weight is 483 g/mol. The van der Waals surface area contributed by atoms with E-state index in [-0.39, 0.29) is 12.1 Å². The predicted octanol–water partition coefficient (Wildman–Crippen LogP) is 6.87. The number of likely N-dealkylation sites (tertiary alicyclic amines) is 1. The third-order valence-corrected chi connectivity index (χ3v) is 8.37. The maximum atomic E-state index is 13.4. The van der Waals surface area contributed by atoms with Gasteiger partial charge >= 0.3 is 0 Å². The van der Waals surface area contributed by atoms with Gasteiger partial charge < -0.3 is 10.2 Å². The molecule has 1 aromatic carbocycles. The summed E-state index contributed by atoms with van der Waals surface area (Å²) in [6, 6.07) is 9.03. The van der Waals surface area contributed by atoms with Gasteiger partial charge in [0.1, 0.15) is 5.82 Å². The smallest absolute Gasteiger partial charge is 0.128 e. The first-order valence-electron chi connectivity index (χ1n) is 12.8. The number of hydrogen-bond donors (Lipinski definition) is 1. The molecule has 0 bridgehead atoms. The number of nitrogens with zero attached hydrogens (tertiary/aromatic N) is 3. The molecule has 2 heterocycles. The largest absolute Gasteiger partial charge is 0.370 e. The molecule has 3 unspecified atom stereocenters. The van der Waals surface area contributed by atoms with Crippen LogP contribution in [0.3, 0.4) is 0 Å². The van der Waals surface area contributed by atoms with Crippen LogP contribution < -0.4 is 5.32 Å². The molecule has 3 atom stereocenters. The molecule has 1 N–H and O–H groups in total. The van der Waals surface area contributed by atoms with Crippen LogP contribution in [0, 0.1) is 25.7 Å². The standard InChI is InChI=1S/C28H39FN4S/c1-5-23-12-13-25(16-23)32-14-8-10-24(19-32)17-30-28(33-22(4)27(34-29)18-31-33)15-21(3)26-11-7-6-9-20(26)2/h6-7,9,11,15,18,23-25,30H,3,5,8,10,12-14,16-17,19H2,1-2,4H3/b28-15-. The highest BCUT2D eigenvalue weighted by Gasteiger charge is 2.31. The van der Waals surface area contributed by atoms with E-state index in [1.807, 2.05) is 23.7 Å². The van der Waals surface area contributed by atoms with Crippen LogP contribution in [0.25, 0.3) is 11.4 Å². The summed E-state index contributed by atoms with van der Waals surface area (Å²) in [4.78, 5) is 3.29. The topological polar surface area (TPSA) is 33.1 Å². The van der Waals surface area contributed by atoms with Gasteiger partial charge in [-0.15, -0.1) is 0 Å². The molecule has 34 heavy (non-hydrogen) atoms. The summed E-state index contributed by atoms with van der Waals surface area (Å²) in [6.45, 7) is 13.9. The summed E-state index contributed by atoms with van der Waals surface area (Å²) in [5, 5.41) is 8.17. The van der Waals surface area contributed by atoms with Crippen LogP contribution in [0.1, 0.15) is 62.3 Å². The van der Waals surface area contributed by atoms with Gasteiger partial charge in [-0.2, -0.15) is 8.98 Å². The second kappa shape index (κ2) is 11.6. The van der Waals surface area contributed by atoms with Crippen molar-refractivity contribution in [1.29, 1.82) is 0 Å². The van der Waals surface area contributed by atoms with Gasteiger partial charge in [-0.1, -0.05) is 44.2 Å². The molecule has 1 aliphatic heterocycles. The lowest BCUT2D eigenvalue weighted by molar-refractivity contribution is 0.123. The van der Waals surface area contributed by atoms with Crippen LogP contribution in [0.5, 0.6) is 0 Å². The normalized spacial score (nSPS) is 23.9. The van der Waals surface area contributed by atoms with E-state index in [1.165, 1.54) is 50.6 Å². The summed E-state index contributed by atoms with van der Waals surface area (Å²) in [5.41, 5.74) is 4.02. The maximum absolute atomic E-state index is 13.4. The summed E-state index contributed by atoms with van der Waals surface area (Å²) < 4.78 is 15.2. The number of aryl methyl sites for hydroxylation is 1. The van der Waals surface area contributed by atoms with Crippen LogP contribution in [-0.2, 0) is 0 Å². The Balaban J connectivity index is 1.49. The molecule has 4 rings (SSSR count). The maximum Gasteiger partial charge on any atom is 0.128 e. The van der Waals surface area contributed by atoms with Gasteiger partial charge in [-0.3, -0.25) is 0 Å². The van der Waals surface area contributed by atoms with Crippen LogP contribution in [0.4, 0.5) is 3.89 Å². The SMILES string of the molecule is C=C(/C=C(/NCC1CCCN(C2CCC(CC)C2)C1)n1ncc(SF)c1C)c1ccccc1C. The van der Waals surface area contributed by atoms with Crippen molar-refractivity contribution in [2.75, 3.05) is 19.6 Å². The zero-order valence-electron chi connectivity index (χ0n) is 20.9. The first-order chi connectivity index (χ1) is 16.5. The van der Waals surface area contributed by atoms with E-state index in [1.54, 1.807) is 6.20 Å². The molecule has 1 aliphatic carbocycles. The Labute approximate surface area is 209 Å². The number of nitrogens with one attached hydrogen (secondary N) is 1. The molecule has 2 fully saturated rings. The predicted molar refractivity (Wildman–Crippen MR) is 142 cm³/mol. The summed E-state index contributed by atoms with van der Waals surface area (Å²) in [7, 11) is 0. The average Bonchev–Trinajstić information content (AvgIpc) is 3.48. The first kappa shape index (κ1) is 25.1. The molecule has 0 spiro atoms. The van der Waals surface area contributed by atoms with Crippen molar-refractivity contribution in [3.05, 3.63) is 59.9 Å². The molecule has 0 radical (unpaired) electrons. The Morgan fingerprint density at radius 2 is 2.06 bits per heavy atom. The fourth-order valence-corrected chi connectivity index (χ4v) is 5.96. The molecule has 184 valence electrons. The van der Waals surface area contributed by atoms with Gasteiger partial charge in [0.15, 0.2) is 0 Å². The monoisotopic (exact) mass is 482 g/mol. The number of aromatic nitrogens is 2. The Bertz CT molecular complexity index is 1010. The Kier molecular flexibility index (Phi) is 8.54. The molecule has 6 heteroatoms. The second-order valence-corrected chi connectivity index (χ2v) is 10.7. The van der Waals surface area contributed by atoms with E-state index >= 15 is 0 Å². The number of piperidine rings is 1. The van der Waals surface area contributed by atoms with Gasteiger partial charge in [0.25, 0.3) is 0 Å². The van der Waals surface area contributed by atoms with E-state index < -0.39 is 0 Å². The number of hydrogen-bond acceptors (Lipinski definition) is 4. The fourth-order valence-electron chi connectivity index (χ4n) is 5.67. The number of benzene rings is 1. The minimum Gasteiger partial charge on any atom is -0.370 e. The molecule has 1 saturated carbocycles. The van der Waals surface area contributed by atoms with E-state index in [0.29, 0.717) is 10.8 Å². The molecule has 2 aliphatic rings. The molecule has 1 saturated heterocycles. The van der Waals surface area contributed by atoms with E-state index in [4.69, 9.17) is 0 Å². The lowest BCUT2D eigenvalue weighted by Gasteiger charge is -2.37. The number of rotatable bonds is 9. The van der Waals surface area contributed by atoms with Gasteiger partial charge in [0.05, 0.1) is 28.9 Å². The van der Waals surface area contributed by atoms with Crippen molar-refractivity contribution in [1.82, 2.24) is 20.0 Å². The molecule has 4 nitrogen and oxygen atoms in total. The minimum atomic E-state index is 0.246. The lowest BCUT2D eigenvalue weighted by Crippen LogP contribution is -2.44. The van der Waals surface area contributed by atoms with Gasteiger partial charge in [-0.25, -0.2) is 4.68 Å². The molecular weight excluding hydrogens is 443 g/mol. The van der Waals surface area contributed by atoms with E-state index in [2.05, 4.69) is 54.0 Å². The van der Waals surface area contributed by atoms with Crippen molar-refractivity contribution >= 4 is 23.5 Å². The van der Waals surface area contributed by atoms with Crippen molar-refractivity contribution in [3.63, 3.8) is 0 Å². The van der Waals surface area contributed by atoms with E-state index in [9.17, 15) is 3.89 Å². The summed E-state index contributed by atoms with van der Waals surface area (Å²) >= 11 is 0.246. The lowest BCUT2D eigenvalue weighted by atomic mass is 9.95. The highest BCUT2D eigenvalue weighted by Crippen LogP contribution is 2.33. The zero-order chi connectivity index (χ0) is 24.1. The zero-order valence-corrected chi connectivity index (χ0v) is 21.7. The van der Waals surface area contributed by atoms with Crippen molar-refractivity contribution in [2.45, 2.75) is 70.2 Å². The van der Waals surface area contributed by atoms with Crippen LogP contribution >= 0.6 is 12.1 Å². The highest BCUT2D eigenvalue weighted by atomic mass is 32.2. The third kappa shape index (κ3) is 5.77. The van der Waals surface area contributed by atoms with Crippen molar-refractivity contribution in [3.8, 4) is 0 Å². The van der Waals surface area contributed by atoms with Crippen molar-refractivity contribution < 1.29 is 3.89 Å². The Morgan fingerprint density at radius 1 is 1.24 bits per heavy atom. The molecule has 1 aromatic heterocycles. The fraction of sp³-hybridized carbons (Fsp3) is 0.536. The summed E-state index contributed by atoms with van der Waals surface area (Å²) in [5.74, 6) is 2.36. The second-order valence-electron chi connectivity index (χ2n) is 10.1. The van der Waals surface area contributed by atoms with Gasteiger partial charge in [0, 0.05) is 19.1 Å². The van der Waals surface area contributed by atoms with Gasteiger partial charge in [-0.05, 0) is 87.1 Å². The number of allylic oxidation sites excluding steroid dienone is 2. The van der Waals surface area contributed by atoms with Crippen LogP contribution in [0.2, 0.25) is 0 Å².